The van der Waals surface area contributed by atoms with Gasteiger partial charge in [-0.1, -0.05) is 0 Å². The van der Waals surface area contributed by atoms with E-state index in [4.69, 9.17) is 4.98 Å². The largest absolute Gasteiger partial charge is 0.306 e. The van der Waals surface area contributed by atoms with Crippen LogP contribution in [0.5, 0.6) is 0 Å². The van der Waals surface area contributed by atoms with Gasteiger partial charge in [-0.05, 0) is 17.9 Å². The lowest BCUT2D eigenvalue weighted by molar-refractivity contribution is 0.357. The zero-order valence-corrected chi connectivity index (χ0v) is 13.0. The van der Waals surface area contributed by atoms with Crippen molar-refractivity contribution in [3.05, 3.63) is 40.1 Å². The third-order valence-electron chi connectivity index (χ3n) is 3.70. The maximum Gasteiger partial charge on any atom is 0.138 e. The summed E-state index contributed by atoms with van der Waals surface area (Å²) in [6.45, 7) is 1.71. The Kier molecular flexibility index (Phi) is 3.54. The number of nitrogens with one attached hydrogen (secondary N) is 1. The van der Waals surface area contributed by atoms with Gasteiger partial charge in [-0.25, -0.2) is 14.6 Å². The Morgan fingerprint density at radius 2 is 2.38 bits per heavy atom. The SMILES string of the molecule is c1nc2n(n1)C[C@@H](NCc1csc(-c3ccsc3)n1)CC2. The van der Waals surface area contributed by atoms with Crippen molar-refractivity contribution in [2.75, 3.05) is 0 Å². The molecule has 0 aromatic carbocycles. The Hall–Kier alpha value is -1.57. The number of aromatic nitrogens is 4. The Morgan fingerprint density at radius 1 is 1.38 bits per heavy atom. The highest BCUT2D eigenvalue weighted by Crippen LogP contribution is 2.25. The number of thiophene rings is 1. The lowest BCUT2D eigenvalue weighted by Gasteiger charge is -2.23. The maximum atomic E-state index is 4.70. The fourth-order valence-corrected chi connectivity index (χ4v) is 4.09. The van der Waals surface area contributed by atoms with Crippen molar-refractivity contribution < 1.29 is 0 Å². The first-order valence-electron chi connectivity index (χ1n) is 6.95. The normalized spacial score (nSPS) is 17.8. The second-order valence-electron chi connectivity index (χ2n) is 5.13. The van der Waals surface area contributed by atoms with Crippen LogP contribution >= 0.6 is 22.7 Å². The number of fused-ring (bicyclic) bond motifs is 1. The van der Waals surface area contributed by atoms with Gasteiger partial charge in [0.05, 0.1) is 12.2 Å². The van der Waals surface area contributed by atoms with E-state index in [1.54, 1.807) is 29.0 Å². The standard InChI is InChI=1S/C14H15N5S2/c1-2-13-16-9-17-19(13)6-11(1)15-5-12-8-21-14(18-12)10-3-4-20-7-10/h3-4,7-9,11,15H,1-2,5-6H2/t11-/m0/s1. The van der Waals surface area contributed by atoms with Crippen LogP contribution in [0.25, 0.3) is 10.6 Å². The minimum atomic E-state index is 0.450. The van der Waals surface area contributed by atoms with Crippen molar-refractivity contribution in [2.45, 2.75) is 32.0 Å². The number of hydrogen-bond donors (Lipinski definition) is 1. The van der Waals surface area contributed by atoms with Gasteiger partial charge in [0.15, 0.2) is 0 Å². The minimum absolute atomic E-state index is 0.450. The van der Waals surface area contributed by atoms with Crippen LogP contribution in [-0.4, -0.2) is 25.8 Å². The van der Waals surface area contributed by atoms with Gasteiger partial charge in [-0.2, -0.15) is 16.4 Å². The van der Waals surface area contributed by atoms with E-state index >= 15 is 0 Å². The van der Waals surface area contributed by atoms with Crippen LogP contribution in [0, 0.1) is 0 Å². The monoisotopic (exact) mass is 317 g/mol. The van der Waals surface area contributed by atoms with Crippen LogP contribution in [0.1, 0.15) is 17.9 Å². The summed E-state index contributed by atoms with van der Waals surface area (Å²) in [4.78, 5) is 8.96. The smallest absolute Gasteiger partial charge is 0.138 e. The van der Waals surface area contributed by atoms with Gasteiger partial charge in [0.2, 0.25) is 0 Å². The zero-order valence-electron chi connectivity index (χ0n) is 11.4. The van der Waals surface area contributed by atoms with Crippen LogP contribution in [0.4, 0.5) is 0 Å². The molecule has 3 aromatic rings. The molecule has 1 N–H and O–H groups in total. The van der Waals surface area contributed by atoms with Crippen molar-refractivity contribution in [2.24, 2.45) is 0 Å². The van der Waals surface area contributed by atoms with Gasteiger partial charge in [0, 0.05) is 35.3 Å². The molecule has 0 radical (unpaired) electrons. The molecule has 0 unspecified atom stereocenters. The van der Waals surface area contributed by atoms with Gasteiger partial charge in [-0.3, -0.25) is 0 Å². The molecule has 4 heterocycles. The molecule has 0 fully saturated rings. The van der Waals surface area contributed by atoms with E-state index in [0.717, 1.165) is 42.5 Å². The predicted octanol–water partition coefficient (Wildman–Crippen LogP) is 2.57. The first-order chi connectivity index (χ1) is 10.4. The Bertz CT molecular complexity index is 715. The molecule has 21 heavy (non-hydrogen) atoms. The number of thiazole rings is 1. The van der Waals surface area contributed by atoms with E-state index < -0.39 is 0 Å². The van der Waals surface area contributed by atoms with Gasteiger partial charge < -0.3 is 5.32 Å². The van der Waals surface area contributed by atoms with Crippen molar-refractivity contribution >= 4 is 22.7 Å². The highest BCUT2D eigenvalue weighted by molar-refractivity contribution is 7.14. The molecule has 0 spiro atoms. The summed E-state index contributed by atoms with van der Waals surface area (Å²) in [6, 6.07) is 2.57. The van der Waals surface area contributed by atoms with Crippen LogP contribution in [0.2, 0.25) is 0 Å². The molecule has 1 atom stereocenters. The third-order valence-corrected chi connectivity index (χ3v) is 5.32. The van der Waals surface area contributed by atoms with Crippen LogP contribution in [0.3, 0.4) is 0 Å². The van der Waals surface area contributed by atoms with Gasteiger partial charge in [0.1, 0.15) is 17.2 Å². The predicted molar refractivity (Wildman–Crippen MR) is 84.4 cm³/mol. The van der Waals surface area contributed by atoms with E-state index in [1.165, 1.54) is 5.56 Å². The molecule has 5 nitrogen and oxygen atoms in total. The molecule has 108 valence electrons. The van der Waals surface area contributed by atoms with Crippen LogP contribution < -0.4 is 5.32 Å². The summed E-state index contributed by atoms with van der Waals surface area (Å²) in [5.74, 6) is 1.10. The Labute approximate surface area is 130 Å². The second-order valence-corrected chi connectivity index (χ2v) is 6.77. The van der Waals surface area contributed by atoms with Crippen molar-refractivity contribution in [3.8, 4) is 10.6 Å². The molecule has 0 saturated carbocycles. The topological polar surface area (TPSA) is 55.6 Å². The molecule has 0 bridgehead atoms. The van der Waals surface area contributed by atoms with Gasteiger partial charge >= 0.3 is 0 Å². The van der Waals surface area contributed by atoms with E-state index in [-0.39, 0.29) is 0 Å². The molecule has 0 amide bonds. The molecule has 0 aliphatic carbocycles. The number of rotatable bonds is 4. The molecular weight excluding hydrogens is 302 g/mol. The molecular formula is C14H15N5S2. The summed E-state index contributed by atoms with van der Waals surface area (Å²) in [7, 11) is 0. The van der Waals surface area contributed by atoms with Crippen molar-refractivity contribution in [3.63, 3.8) is 0 Å². The second kappa shape index (κ2) is 5.67. The Morgan fingerprint density at radius 3 is 3.29 bits per heavy atom. The van der Waals surface area contributed by atoms with Crippen LogP contribution in [-0.2, 0) is 19.5 Å². The van der Waals surface area contributed by atoms with Gasteiger partial charge in [0.25, 0.3) is 0 Å². The third kappa shape index (κ3) is 2.76. The highest BCUT2D eigenvalue weighted by Gasteiger charge is 2.19. The van der Waals surface area contributed by atoms with Gasteiger partial charge in [-0.15, -0.1) is 11.3 Å². The maximum absolute atomic E-state index is 4.70. The summed E-state index contributed by atoms with van der Waals surface area (Å²) in [5.41, 5.74) is 2.34. The molecule has 1 aliphatic rings. The first-order valence-corrected chi connectivity index (χ1v) is 8.78. The Balaban J connectivity index is 1.37. The first kappa shape index (κ1) is 13.1. The fraction of sp³-hybridized carbons (Fsp3) is 0.357. The molecule has 7 heteroatoms. The average Bonchev–Trinajstić information content (AvgIpc) is 3.24. The minimum Gasteiger partial charge on any atom is -0.306 e. The van der Waals surface area contributed by atoms with E-state index in [1.807, 2.05) is 4.68 Å². The van der Waals surface area contributed by atoms with E-state index in [2.05, 4.69) is 37.6 Å². The lowest BCUT2D eigenvalue weighted by atomic mass is 10.1. The van der Waals surface area contributed by atoms with Crippen molar-refractivity contribution in [1.82, 2.24) is 25.1 Å². The highest BCUT2D eigenvalue weighted by atomic mass is 32.1. The zero-order chi connectivity index (χ0) is 14.1. The quantitative estimate of drug-likeness (QED) is 0.803. The fourth-order valence-electron chi connectivity index (χ4n) is 2.56. The van der Waals surface area contributed by atoms with Crippen LogP contribution in [0.15, 0.2) is 28.5 Å². The summed E-state index contributed by atoms with van der Waals surface area (Å²) in [6.07, 6.45) is 3.75. The molecule has 1 aliphatic heterocycles. The number of hydrogen-bond acceptors (Lipinski definition) is 6. The summed E-state index contributed by atoms with van der Waals surface area (Å²) in [5, 5.41) is 15.3. The molecule has 3 aromatic heterocycles. The average molecular weight is 317 g/mol. The van der Waals surface area contributed by atoms with Crippen molar-refractivity contribution in [1.29, 1.82) is 0 Å². The number of nitrogens with zero attached hydrogens (tertiary/aromatic N) is 4. The summed E-state index contributed by atoms with van der Waals surface area (Å²) < 4.78 is 2.00. The number of aryl methyl sites for hydroxylation is 1. The lowest BCUT2D eigenvalue weighted by Crippen LogP contribution is -2.37. The molecule has 4 rings (SSSR count). The summed E-state index contributed by atoms with van der Waals surface area (Å²) >= 11 is 3.42. The molecule has 0 saturated heterocycles. The van der Waals surface area contributed by atoms with E-state index in [9.17, 15) is 0 Å². The van der Waals surface area contributed by atoms with E-state index in [0.29, 0.717) is 6.04 Å².